The Labute approximate surface area is 159 Å². The molecule has 0 fully saturated rings. The Hall–Kier alpha value is -1.64. The van der Waals surface area contributed by atoms with Gasteiger partial charge in [-0.1, -0.05) is 39.3 Å². The van der Waals surface area contributed by atoms with E-state index in [2.05, 4.69) is 0 Å². The standard InChI is InChI=1S/C17H25ClN2O5S/c1-11(2)8-20(9-12(3)4)16(21)10-25-17(22)14-7-13(26(19,23)24)5-6-15(14)18/h5-7,11-12H,8-10H2,1-4H3,(H2,19,23,24). The Kier molecular flexibility index (Phi) is 8.05. The van der Waals surface area contributed by atoms with Crippen LogP contribution in [0.3, 0.4) is 0 Å². The van der Waals surface area contributed by atoms with Crippen molar-refractivity contribution >= 4 is 33.5 Å². The van der Waals surface area contributed by atoms with Gasteiger partial charge in [0.1, 0.15) is 0 Å². The predicted molar refractivity (Wildman–Crippen MR) is 99.4 cm³/mol. The molecule has 9 heteroatoms. The molecule has 0 aliphatic rings. The maximum absolute atomic E-state index is 12.4. The van der Waals surface area contributed by atoms with Gasteiger partial charge in [0.2, 0.25) is 10.0 Å². The molecule has 2 N–H and O–H groups in total. The number of hydrogen-bond acceptors (Lipinski definition) is 5. The summed E-state index contributed by atoms with van der Waals surface area (Å²) >= 11 is 5.92. The van der Waals surface area contributed by atoms with Crippen LogP contribution in [0.15, 0.2) is 23.1 Å². The lowest BCUT2D eigenvalue weighted by Crippen LogP contribution is -2.39. The number of sulfonamides is 1. The van der Waals surface area contributed by atoms with Crippen molar-refractivity contribution in [2.45, 2.75) is 32.6 Å². The van der Waals surface area contributed by atoms with Gasteiger partial charge in [-0.2, -0.15) is 0 Å². The zero-order valence-corrected chi connectivity index (χ0v) is 16.9. The number of nitrogens with two attached hydrogens (primary N) is 1. The molecular weight excluding hydrogens is 380 g/mol. The van der Waals surface area contributed by atoms with Gasteiger partial charge in [0.25, 0.3) is 5.91 Å². The summed E-state index contributed by atoms with van der Waals surface area (Å²) in [5.41, 5.74) is -0.162. The van der Waals surface area contributed by atoms with Crippen LogP contribution in [0.5, 0.6) is 0 Å². The number of nitrogens with zero attached hydrogens (tertiary/aromatic N) is 1. The smallest absolute Gasteiger partial charge is 0.340 e. The molecule has 0 unspecified atom stereocenters. The molecule has 7 nitrogen and oxygen atoms in total. The Morgan fingerprint density at radius 2 is 1.69 bits per heavy atom. The van der Waals surface area contributed by atoms with Gasteiger partial charge in [0.15, 0.2) is 6.61 Å². The molecule has 26 heavy (non-hydrogen) atoms. The van der Waals surface area contributed by atoms with Crippen LogP contribution in [0, 0.1) is 11.8 Å². The molecule has 0 aromatic heterocycles. The molecule has 0 radical (unpaired) electrons. The number of benzene rings is 1. The van der Waals surface area contributed by atoms with E-state index in [1.165, 1.54) is 12.1 Å². The molecule has 0 saturated heterocycles. The molecule has 1 amide bonds. The highest BCUT2D eigenvalue weighted by molar-refractivity contribution is 7.89. The molecule has 146 valence electrons. The normalized spacial score (nSPS) is 11.7. The first-order valence-electron chi connectivity index (χ1n) is 8.19. The molecular formula is C17H25ClN2O5S. The van der Waals surface area contributed by atoms with Gasteiger partial charge >= 0.3 is 5.97 Å². The fraction of sp³-hybridized carbons (Fsp3) is 0.529. The van der Waals surface area contributed by atoms with E-state index in [1.807, 2.05) is 27.7 Å². The number of primary sulfonamides is 1. The van der Waals surface area contributed by atoms with Crippen molar-refractivity contribution in [1.82, 2.24) is 4.90 Å². The number of carbonyl (C=O) groups excluding carboxylic acids is 2. The van der Waals surface area contributed by atoms with Gasteiger partial charge in [-0.15, -0.1) is 0 Å². The van der Waals surface area contributed by atoms with E-state index >= 15 is 0 Å². The Morgan fingerprint density at radius 1 is 1.15 bits per heavy atom. The van der Waals surface area contributed by atoms with Gasteiger partial charge in [-0.05, 0) is 30.0 Å². The van der Waals surface area contributed by atoms with Crippen molar-refractivity contribution in [3.8, 4) is 0 Å². The first-order valence-corrected chi connectivity index (χ1v) is 10.1. The van der Waals surface area contributed by atoms with Crippen LogP contribution < -0.4 is 5.14 Å². The summed E-state index contributed by atoms with van der Waals surface area (Å²) in [6.45, 7) is 8.62. The summed E-state index contributed by atoms with van der Waals surface area (Å²) in [5, 5.41) is 5.06. The van der Waals surface area contributed by atoms with Crippen molar-refractivity contribution < 1.29 is 22.7 Å². The minimum absolute atomic E-state index is 0.0102. The molecule has 0 heterocycles. The summed E-state index contributed by atoms with van der Waals surface area (Å²) < 4.78 is 27.8. The minimum Gasteiger partial charge on any atom is -0.452 e. The lowest BCUT2D eigenvalue weighted by atomic mass is 10.1. The summed E-state index contributed by atoms with van der Waals surface area (Å²) in [5.74, 6) is -0.661. The Balaban J connectivity index is 2.86. The fourth-order valence-corrected chi connectivity index (χ4v) is 3.03. The molecule has 1 aromatic carbocycles. The largest absolute Gasteiger partial charge is 0.452 e. The van der Waals surface area contributed by atoms with E-state index in [1.54, 1.807) is 4.90 Å². The van der Waals surface area contributed by atoms with Crippen molar-refractivity contribution in [2.24, 2.45) is 17.0 Å². The van der Waals surface area contributed by atoms with E-state index in [4.69, 9.17) is 21.5 Å². The summed E-state index contributed by atoms with van der Waals surface area (Å²) in [6.07, 6.45) is 0. The predicted octanol–water partition coefficient (Wildman–Crippen LogP) is 2.28. The number of carbonyl (C=O) groups is 2. The molecule has 0 aliphatic carbocycles. The first-order chi connectivity index (χ1) is 11.9. The molecule has 0 saturated carbocycles. The second kappa shape index (κ2) is 9.34. The monoisotopic (exact) mass is 404 g/mol. The molecule has 0 spiro atoms. The SMILES string of the molecule is CC(C)CN(CC(C)C)C(=O)COC(=O)c1cc(S(N)(=O)=O)ccc1Cl. The number of ether oxygens (including phenoxy) is 1. The summed E-state index contributed by atoms with van der Waals surface area (Å²) in [7, 11) is -3.99. The van der Waals surface area contributed by atoms with E-state index in [-0.39, 0.29) is 33.2 Å². The van der Waals surface area contributed by atoms with Crippen molar-refractivity contribution in [1.29, 1.82) is 0 Å². The van der Waals surface area contributed by atoms with Crippen LogP contribution in [0.1, 0.15) is 38.1 Å². The third-order valence-corrected chi connectivity index (χ3v) is 4.58. The van der Waals surface area contributed by atoms with E-state index in [9.17, 15) is 18.0 Å². The zero-order valence-electron chi connectivity index (χ0n) is 15.4. The van der Waals surface area contributed by atoms with Crippen LogP contribution in [0.4, 0.5) is 0 Å². The van der Waals surface area contributed by atoms with Crippen LogP contribution in [0.2, 0.25) is 5.02 Å². The number of esters is 1. The Morgan fingerprint density at radius 3 is 2.15 bits per heavy atom. The average molecular weight is 405 g/mol. The Bertz CT molecular complexity index is 752. The van der Waals surface area contributed by atoms with Gasteiger partial charge < -0.3 is 9.64 Å². The summed E-state index contributed by atoms with van der Waals surface area (Å²) in [6, 6.07) is 3.46. The highest BCUT2D eigenvalue weighted by atomic mass is 35.5. The highest BCUT2D eigenvalue weighted by Gasteiger charge is 2.21. The van der Waals surface area contributed by atoms with Gasteiger partial charge in [0, 0.05) is 13.1 Å². The lowest BCUT2D eigenvalue weighted by molar-refractivity contribution is -0.135. The number of rotatable bonds is 8. The van der Waals surface area contributed by atoms with Crippen molar-refractivity contribution in [2.75, 3.05) is 19.7 Å². The molecule has 0 bridgehead atoms. The third-order valence-electron chi connectivity index (χ3n) is 3.34. The second-order valence-corrected chi connectivity index (χ2v) is 8.82. The number of amides is 1. The van der Waals surface area contributed by atoms with Crippen molar-refractivity contribution in [3.05, 3.63) is 28.8 Å². The second-order valence-electron chi connectivity index (χ2n) is 6.85. The zero-order chi connectivity index (χ0) is 20.1. The molecule has 1 rings (SSSR count). The van der Waals surface area contributed by atoms with Crippen LogP contribution in [0.25, 0.3) is 0 Å². The maximum Gasteiger partial charge on any atom is 0.340 e. The van der Waals surface area contributed by atoms with Gasteiger partial charge in [-0.3, -0.25) is 4.79 Å². The third kappa shape index (κ3) is 6.93. The summed E-state index contributed by atoms with van der Waals surface area (Å²) in [4.78, 5) is 25.9. The van der Waals surface area contributed by atoms with Crippen LogP contribution in [-0.2, 0) is 19.6 Å². The minimum atomic E-state index is -3.99. The molecule has 0 atom stereocenters. The van der Waals surface area contributed by atoms with E-state index in [0.717, 1.165) is 6.07 Å². The lowest BCUT2D eigenvalue weighted by Gasteiger charge is -2.26. The topological polar surface area (TPSA) is 107 Å². The van der Waals surface area contributed by atoms with Crippen LogP contribution in [-0.4, -0.2) is 44.9 Å². The fourth-order valence-electron chi connectivity index (χ4n) is 2.29. The number of hydrogen-bond donors (Lipinski definition) is 1. The first kappa shape index (κ1) is 22.4. The van der Waals surface area contributed by atoms with Gasteiger partial charge in [-0.25, -0.2) is 18.4 Å². The quantitative estimate of drug-likeness (QED) is 0.669. The average Bonchev–Trinajstić information content (AvgIpc) is 2.50. The van der Waals surface area contributed by atoms with Crippen molar-refractivity contribution in [3.63, 3.8) is 0 Å². The van der Waals surface area contributed by atoms with E-state index < -0.39 is 22.6 Å². The van der Waals surface area contributed by atoms with Crippen LogP contribution >= 0.6 is 11.6 Å². The highest BCUT2D eigenvalue weighted by Crippen LogP contribution is 2.21. The number of halogens is 1. The van der Waals surface area contributed by atoms with E-state index in [0.29, 0.717) is 13.1 Å². The van der Waals surface area contributed by atoms with Gasteiger partial charge in [0.05, 0.1) is 15.5 Å². The molecule has 1 aromatic rings. The maximum atomic E-state index is 12.4. The molecule has 0 aliphatic heterocycles.